The first-order valence-electron chi connectivity index (χ1n) is 7.67. The van der Waals surface area contributed by atoms with E-state index in [9.17, 15) is 4.79 Å². The minimum absolute atomic E-state index is 0.0231. The van der Waals surface area contributed by atoms with Crippen molar-refractivity contribution >= 4 is 5.91 Å². The third-order valence-electron chi connectivity index (χ3n) is 3.94. The SMILES string of the molecule is N#Cc1ccc(OCC(=O)NCCCC2CCCC2)cc1. The monoisotopic (exact) mass is 286 g/mol. The maximum atomic E-state index is 11.6. The molecule has 0 spiro atoms. The molecule has 1 aromatic rings. The zero-order chi connectivity index (χ0) is 14.9. The van der Waals surface area contributed by atoms with Crippen molar-refractivity contribution in [3.05, 3.63) is 29.8 Å². The molecule has 2 rings (SSSR count). The number of ether oxygens (including phenoxy) is 1. The van der Waals surface area contributed by atoms with E-state index >= 15 is 0 Å². The maximum absolute atomic E-state index is 11.6. The second-order valence-electron chi connectivity index (χ2n) is 5.57. The summed E-state index contributed by atoms with van der Waals surface area (Å²) in [7, 11) is 0. The molecule has 0 saturated heterocycles. The molecule has 1 aliphatic rings. The van der Waals surface area contributed by atoms with E-state index in [4.69, 9.17) is 10.00 Å². The Labute approximate surface area is 126 Å². The third-order valence-corrected chi connectivity index (χ3v) is 3.94. The van der Waals surface area contributed by atoms with E-state index in [1.54, 1.807) is 24.3 Å². The Hall–Kier alpha value is -2.02. The van der Waals surface area contributed by atoms with Gasteiger partial charge in [-0.05, 0) is 43.0 Å². The summed E-state index contributed by atoms with van der Waals surface area (Å²) in [5.41, 5.74) is 0.582. The number of hydrogen-bond acceptors (Lipinski definition) is 3. The third kappa shape index (κ3) is 5.47. The number of carbonyl (C=O) groups excluding carboxylic acids is 1. The van der Waals surface area contributed by atoms with Crippen molar-refractivity contribution in [2.75, 3.05) is 13.2 Å². The van der Waals surface area contributed by atoms with Gasteiger partial charge in [0.2, 0.25) is 0 Å². The smallest absolute Gasteiger partial charge is 0.257 e. The van der Waals surface area contributed by atoms with Crippen molar-refractivity contribution in [2.45, 2.75) is 38.5 Å². The summed E-state index contributed by atoms with van der Waals surface area (Å²) in [6.07, 6.45) is 7.72. The largest absolute Gasteiger partial charge is 0.484 e. The number of hydrogen-bond donors (Lipinski definition) is 1. The average molecular weight is 286 g/mol. The highest BCUT2D eigenvalue weighted by molar-refractivity contribution is 5.77. The lowest BCUT2D eigenvalue weighted by molar-refractivity contribution is -0.123. The van der Waals surface area contributed by atoms with E-state index in [1.807, 2.05) is 6.07 Å². The topological polar surface area (TPSA) is 62.1 Å². The molecule has 0 heterocycles. The van der Waals surface area contributed by atoms with E-state index < -0.39 is 0 Å². The van der Waals surface area contributed by atoms with Gasteiger partial charge in [0.1, 0.15) is 5.75 Å². The Bertz CT molecular complexity index is 485. The van der Waals surface area contributed by atoms with E-state index in [0.29, 0.717) is 11.3 Å². The van der Waals surface area contributed by atoms with Gasteiger partial charge in [-0.25, -0.2) is 0 Å². The Morgan fingerprint density at radius 3 is 2.67 bits per heavy atom. The molecule has 0 atom stereocenters. The molecule has 112 valence electrons. The summed E-state index contributed by atoms with van der Waals surface area (Å²) < 4.78 is 5.38. The highest BCUT2D eigenvalue weighted by Crippen LogP contribution is 2.28. The summed E-state index contributed by atoms with van der Waals surface area (Å²) >= 11 is 0. The lowest BCUT2D eigenvalue weighted by Crippen LogP contribution is -2.29. The fourth-order valence-electron chi connectivity index (χ4n) is 2.74. The summed E-state index contributed by atoms with van der Waals surface area (Å²) in [6.45, 7) is 0.751. The van der Waals surface area contributed by atoms with Crippen LogP contribution in [0.5, 0.6) is 5.75 Å². The predicted molar refractivity (Wildman–Crippen MR) is 80.9 cm³/mol. The van der Waals surface area contributed by atoms with E-state index in [2.05, 4.69) is 5.32 Å². The number of carbonyl (C=O) groups is 1. The second-order valence-corrected chi connectivity index (χ2v) is 5.57. The summed E-state index contributed by atoms with van der Waals surface area (Å²) in [6, 6.07) is 8.79. The Balaban J connectivity index is 1.57. The van der Waals surface area contributed by atoms with Gasteiger partial charge in [0.15, 0.2) is 6.61 Å². The fourth-order valence-corrected chi connectivity index (χ4v) is 2.74. The molecular weight excluding hydrogens is 264 g/mol. The zero-order valence-corrected chi connectivity index (χ0v) is 12.3. The highest BCUT2D eigenvalue weighted by atomic mass is 16.5. The number of benzene rings is 1. The number of nitrogens with one attached hydrogen (secondary N) is 1. The zero-order valence-electron chi connectivity index (χ0n) is 12.3. The molecule has 1 aliphatic carbocycles. The molecule has 1 N–H and O–H groups in total. The van der Waals surface area contributed by atoms with Gasteiger partial charge in [0.25, 0.3) is 5.91 Å². The summed E-state index contributed by atoms with van der Waals surface area (Å²) in [5.74, 6) is 1.39. The minimum atomic E-state index is -0.0919. The fraction of sp³-hybridized carbons (Fsp3) is 0.529. The van der Waals surface area contributed by atoms with Crippen LogP contribution < -0.4 is 10.1 Å². The molecule has 1 fully saturated rings. The molecule has 21 heavy (non-hydrogen) atoms. The van der Waals surface area contributed by atoms with Crippen molar-refractivity contribution in [2.24, 2.45) is 5.92 Å². The first kappa shape index (κ1) is 15.4. The lowest BCUT2D eigenvalue weighted by Gasteiger charge is -2.10. The average Bonchev–Trinajstić information content (AvgIpc) is 3.03. The first-order chi connectivity index (χ1) is 10.3. The van der Waals surface area contributed by atoms with Gasteiger partial charge in [0, 0.05) is 6.54 Å². The maximum Gasteiger partial charge on any atom is 0.257 e. The van der Waals surface area contributed by atoms with Crippen molar-refractivity contribution in [1.82, 2.24) is 5.32 Å². The van der Waals surface area contributed by atoms with Gasteiger partial charge in [-0.15, -0.1) is 0 Å². The number of nitriles is 1. The van der Waals surface area contributed by atoms with Gasteiger partial charge >= 0.3 is 0 Å². The van der Waals surface area contributed by atoms with Crippen LogP contribution in [-0.4, -0.2) is 19.1 Å². The Morgan fingerprint density at radius 1 is 1.29 bits per heavy atom. The summed E-state index contributed by atoms with van der Waals surface area (Å²) in [5, 5.41) is 11.6. The van der Waals surface area contributed by atoms with Gasteiger partial charge in [-0.1, -0.05) is 25.7 Å². The number of nitrogens with zero attached hydrogens (tertiary/aromatic N) is 1. The van der Waals surface area contributed by atoms with Gasteiger partial charge in [-0.3, -0.25) is 4.79 Å². The second kappa shape index (κ2) is 8.31. The molecule has 0 aromatic heterocycles. The molecule has 0 unspecified atom stereocenters. The van der Waals surface area contributed by atoms with Crippen LogP contribution in [0.3, 0.4) is 0 Å². The molecule has 1 aromatic carbocycles. The summed E-state index contributed by atoms with van der Waals surface area (Å²) in [4.78, 5) is 11.6. The quantitative estimate of drug-likeness (QED) is 0.784. The molecule has 0 bridgehead atoms. The van der Waals surface area contributed by atoms with E-state index in [1.165, 1.54) is 32.1 Å². The molecular formula is C17H22N2O2. The number of amides is 1. The Kier molecular flexibility index (Phi) is 6.08. The van der Waals surface area contributed by atoms with Crippen LogP contribution >= 0.6 is 0 Å². The van der Waals surface area contributed by atoms with Crippen molar-refractivity contribution in [3.63, 3.8) is 0 Å². The Morgan fingerprint density at radius 2 is 2.00 bits per heavy atom. The van der Waals surface area contributed by atoms with Crippen LogP contribution in [0.1, 0.15) is 44.1 Å². The van der Waals surface area contributed by atoms with E-state index in [-0.39, 0.29) is 12.5 Å². The molecule has 0 aliphatic heterocycles. The van der Waals surface area contributed by atoms with Gasteiger partial charge in [-0.2, -0.15) is 5.26 Å². The standard InChI is InChI=1S/C17H22N2O2/c18-12-15-7-9-16(10-8-15)21-13-17(20)19-11-3-6-14-4-1-2-5-14/h7-10,14H,1-6,11,13H2,(H,19,20). The molecule has 1 amide bonds. The first-order valence-corrected chi connectivity index (χ1v) is 7.67. The van der Waals surface area contributed by atoms with Crippen LogP contribution in [-0.2, 0) is 4.79 Å². The molecule has 0 radical (unpaired) electrons. The normalized spacial score (nSPS) is 14.6. The molecule has 4 heteroatoms. The highest BCUT2D eigenvalue weighted by Gasteiger charge is 2.14. The molecule has 1 saturated carbocycles. The van der Waals surface area contributed by atoms with Crippen LogP contribution in [0.25, 0.3) is 0 Å². The van der Waals surface area contributed by atoms with Gasteiger partial charge in [0.05, 0.1) is 11.6 Å². The molecule has 4 nitrogen and oxygen atoms in total. The number of rotatable bonds is 7. The van der Waals surface area contributed by atoms with Crippen LogP contribution in [0, 0.1) is 17.2 Å². The minimum Gasteiger partial charge on any atom is -0.484 e. The van der Waals surface area contributed by atoms with Gasteiger partial charge < -0.3 is 10.1 Å². The van der Waals surface area contributed by atoms with Crippen molar-refractivity contribution in [3.8, 4) is 11.8 Å². The van der Waals surface area contributed by atoms with Crippen LogP contribution in [0.2, 0.25) is 0 Å². The van der Waals surface area contributed by atoms with Crippen molar-refractivity contribution in [1.29, 1.82) is 5.26 Å². The lowest BCUT2D eigenvalue weighted by atomic mass is 10.0. The van der Waals surface area contributed by atoms with E-state index in [0.717, 1.165) is 18.9 Å². The van der Waals surface area contributed by atoms with Crippen LogP contribution in [0.4, 0.5) is 0 Å². The van der Waals surface area contributed by atoms with Crippen molar-refractivity contribution < 1.29 is 9.53 Å². The van der Waals surface area contributed by atoms with Crippen LogP contribution in [0.15, 0.2) is 24.3 Å². The predicted octanol–water partition coefficient (Wildman–Crippen LogP) is 3.02.